The third kappa shape index (κ3) is 4.10. The fourth-order valence-corrected chi connectivity index (χ4v) is 3.90. The zero-order valence-corrected chi connectivity index (χ0v) is 16.0. The van der Waals surface area contributed by atoms with Crippen molar-refractivity contribution in [3.05, 3.63) is 66.0 Å². The van der Waals surface area contributed by atoms with E-state index < -0.39 is 5.41 Å². The Morgan fingerprint density at radius 3 is 2.41 bits per heavy atom. The molecule has 0 aliphatic carbocycles. The predicted octanol–water partition coefficient (Wildman–Crippen LogP) is 4.80. The first kappa shape index (κ1) is 19.3. The van der Waals surface area contributed by atoms with Gasteiger partial charge < -0.3 is 4.90 Å². The van der Waals surface area contributed by atoms with Crippen LogP contribution in [0.4, 0.5) is 10.1 Å². The van der Waals surface area contributed by atoms with E-state index in [9.17, 15) is 14.0 Å². The van der Waals surface area contributed by atoms with Crippen molar-refractivity contribution in [1.82, 2.24) is 0 Å². The first-order chi connectivity index (χ1) is 12.9. The Bertz CT molecular complexity index is 801. The molecule has 0 unspecified atom stereocenters. The maximum Gasteiger partial charge on any atom is 0.241 e. The van der Waals surface area contributed by atoms with Crippen LogP contribution in [0, 0.1) is 17.2 Å². The summed E-state index contributed by atoms with van der Waals surface area (Å²) in [6.07, 6.45) is 2.11. The topological polar surface area (TPSA) is 37.4 Å². The smallest absolute Gasteiger partial charge is 0.241 e. The van der Waals surface area contributed by atoms with Crippen LogP contribution in [0.15, 0.2) is 54.6 Å². The van der Waals surface area contributed by atoms with E-state index in [1.807, 2.05) is 44.2 Å². The van der Waals surface area contributed by atoms with Crippen molar-refractivity contribution in [2.45, 2.75) is 39.5 Å². The second-order valence-corrected chi connectivity index (χ2v) is 7.80. The van der Waals surface area contributed by atoms with Crippen molar-refractivity contribution in [2.24, 2.45) is 11.3 Å². The van der Waals surface area contributed by atoms with Gasteiger partial charge in [-0.15, -0.1) is 0 Å². The zero-order chi connectivity index (χ0) is 19.4. The monoisotopic (exact) mass is 367 g/mol. The maximum atomic E-state index is 13.6. The number of nitrogens with zero attached hydrogens (tertiary/aromatic N) is 1. The second-order valence-electron chi connectivity index (χ2n) is 7.80. The van der Waals surface area contributed by atoms with Gasteiger partial charge in [-0.3, -0.25) is 9.59 Å². The highest BCUT2D eigenvalue weighted by molar-refractivity contribution is 6.13. The average Bonchev–Trinajstić information content (AvgIpc) is 2.64. The van der Waals surface area contributed by atoms with Gasteiger partial charge in [0.25, 0.3) is 0 Å². The van der Waals surface area contributed by atoms with Crippen LogP contribution in [0.25, 0.3) is 0 Å². The molecule has 1 heterocycles. The minimum atomic E-state index is -1.04. The van der Waals surface area contributed by atoms with Crippen molar-refractivity contribution < 1.29 is 14.0 Å². The largest absolute Gasteiger partial charge is 0.312 e. The van der Waals surface area contributed by atoms with Gasteiger partial charge in [0.15, 0.2) is 0 Å². The molecule has 1 amide bonds. The molecule has 1 atom stereocenters. The van der Waals surface area contributed by atoms with Gasteiger partial charge in [-0.1, -0.05) is 44.2 Å². The van der Waals surface area contributed by atoms with Gasteiger partial charge in [0.05, 0.1) is 0 Å². The van der Waals surface area contributed by atoms with E-state index in [2.05, 4.69) is 0 Å². The van der Waals surface area contributed by atoms with Crippen LogP contribution in [0.5, 0.6) is 0 Å². The number of halogens is 1. The van der Waals surface area contributed by atoms with Gasteiger partial charge in [-0.25, -0.2) is 4.39 Å². The summed E-state index contributed by atoms with van der Waals surface area (Å²) < 4.78 is 13.3. The Labute approximate surface area is 160 Å². The molecule has 0 N–H and O–H groups in total. The van der Waals surface area contributed by atoms with E-state index in [-0.39, 0.29) is 23.4 Å². The number of carbonyl (C=O) groups excluding carboxylic acids is 2. The van der Waals surface area contributed by atoms with Gasteiger partial charge in [-0.2, -0.15) is 0 Å². The number of benzene rings is 2. The third-order valence-corrected chi connectivity index (χ3v) is 5.25. The molecule has 142 valence electrons. The summed E-state index contributed by atoms with van der Waals surface area (Å²) in [5, 5.41) is 0. The Balaban J connectivity index is 1.98. The lowest BCUT2D eigenvalue weighted by atomic mass is 9.69. The highest BCUT2D eigenvalue weighted by Gasteiger charge is 2.49. The molecule has 1 aliphatic rings. The summed E-state index contributed by atoms with van der Waals surface area (Å²) in [6, 6.07) is 15.7. The lowest BCUT2D eigenvalue weighted by Gasteiger charge is -2.41. The van der Waals surface area contributed by atoms with Crippen molar-refractivity contribution in [2.75, 3.05) is 11.4 Å². The molecule has 0 saturated carbocycles. The summed E-state index contributed by atoms with van der Waals surface area (Å²) in [6.45, 7) is 4.55. The van der Waals surface area contributed by atoms with Crippen molar-refractivity contribution in [3.8, 4) is 0 Å². The van der Waals surface area contributed by atoms with Gasteiger partial charge in [-0.05, 0) is 55.0 Å². The summed E-state index contributed by atoms with van der Waals surface area (Å²) in [7, 11) is 0. The predicted molar refractivity (Wildman–Crippen MR) is 105 cm³/mol. The van der Waals surface area contributed by atoms with Crippen LogP contribution in [-0.2, 0) is 16.0 Å². The van der Waals surface area contributed by atoms with Crippen molar-refractivity contribution in [3.63, 3.8) is 0 Å². The lowest BCUT2D eigenvalue weighted by Crippen LogP contribution is -2.54. The molecular weight excluding hydrogens is 341 g/mol. The standard InChI is InChI=1S/C23H26FNO2/c1-17(2)15-21(26)23(16-18-7-4-3-5-8-18)13-6-14-25(22(23)27)20-11-9-19(24)10-12-20/h3-5,7-12,17H,6,13-16H2,1-2H3/t23-/m1/s1. The van der Waals surface area contributed by atoms with Crippen molar-refractivity contribution >= 4 is 17.4 Å². The molecule has 0 aromatic heterocycles. The summed E-state index contributed by atoms with van der Waals surface area (Å²) in [5.41, 5.74) is 0.595. The molecule has 1 fully saturated rings. The third-order valence-electron chi connectivity index (χ3n) is 5.25. The minimum absolute atomic E-state index is 0.0122. The Kier molecular flexibility index (Phi) is 5.73. The fraction of sp³-hybridized carbons (Fsp3) is 0.391. The van der Waals surface area contributed by atoms with Crippen LogP contribution < -0.4 is 4.90 Å². The summed E-state index contributed by atoms with van der Waals surface area (Å²) in [4.78, 5) is 28.5. The molecule has 27 heavy (non-hydrogen) atoms. The number of hydrogen-bond donors (Lipinski definition) is 0. The molecule has 1 aliphatic heterocycles. The molecule has 0 spiro atoms. The first-order valence-corrected chi connectivity index (χ1v) is 9.57. The van der Waals surface area contributed by atoms with E-state index in [1.165, 1.54) is 12.1 Å². The number of ketones is 1. The van der Waals surface area contributed by atoms with Gasteiger partial charge in [0.2, 0.25) is 5.91 Å². The van der Waals surface area contributed by atoms with Crippen LogP contribution >= 0.6 is 0 Å². The van der Waals surface area contributed by atoms with Crippen LogP contribution in [-0.4, -0.2) is 18.2 Å². The zero-order valence-electron chi connectivity index (χ0n) is 16.0. The lowest BCUT2D eigenvalue weighted by molar-refractivity contribution is -0.143. The molecule has 1 saturated heterocycles. The molecular formula is C23H26FNO2. The number of rotatable bonds is 6. The van der Waals surface area contributed by atoms with Gasteiger partial charge in [0.1, 0.15) is 17.0 Å². The number of piperidine rings is 1. The SMILES string of the molecule is CC(C)CC(=O)[C@]1(Cc2ccccc2)CCCN(c2ccc(F)cc2)C1=O. The fourth-order valence-electron chi connectivity index (χ4n) is 3.90. The summed E-state index contributed by atoms with van der Waals surface area (Å²) in [5.74, 6) is -0.290. The molecule has 3 nitrogen and oxygen atoms in total. The highest BCUT2D eigenvalue weighted by Crippen LogP contribution is 2.39. The van der Waals surface area contributed by atoms with Crippen LogP contribution in [0.3, 0.4) is 0 Å². The second kappa shape index (κ2) is 8.03. The van der Waals surface area contributed by atoms with Crippen LogP contribution in [0.1, 0.15) is 38.7 Å². The first-order valence-electron chi connectivity index (χ1n) is 9.57. The molecule has 0 bridgehead atoms. The van der Waals surface area contributed by atoms with Crippen LogP contribution in [0.2, 0.25) is 0 Å². The molecule has 2 aromatic rings. The Hall–Kier alpha value is -2.49. The Morgan fingerprint density at radius 1 is 1.11 bits per heavy atom. The van der Waals surface area contributed by atoms with E-state index in [0.29, 0.717) is 31.5 Å². The average molecular weight is 367 g/mol. The number of amides is 1. The molecule has 4 heteroatoms. The van der Waals surface area contributed by atoms with E-state index in [1.54, 1.807) is 17.0 Å². The quantitative estimate of drug-likeness (QED) is 0.688. The normalized spacial score (nSPS) is 20.1. The van der Waals surface area contributed by atoms with Crippen molar-refractivity contribution in [1.29, 1.82) is 0 Å². The summed E-state index contributed by atoms with van der Waals surface area (Å²) >= 11 is 0. The number of carbonyl (C=O) groups is 2. The molecule has 3 rings (SSSR count). The molecule has 2 aromatic carbocycles. The minimum Gasteiger partial charge on any atom is -0.312 e. The van der Waals surface area contributed by atoms with Gasteiger partial charge >= 0.3 is 0 Å². The number of hydrogen-bond acceptors (Lipinski definition) is 2. The highest BCUT2D eigenvalue weighted by atomic mass is 19.1. The van der Waals surface area contributed by atoms with Gasteiger partial charge in [0, 0.05) is 18.7 Å². The molecule has 0 radical (unpaired) electrons. The number of anilines is 1. The Morgan fingerprint density at radius 2 is 1.78 bits per heavy atom. The van der Waals surface area contributed by atoms with E-state index in [4.69, 9.17) is 0 Å². The maximum absolute atomic E-state index is 13.6. The van der Waals surface area contributed by atoms with E-state index >= 15 is 0 Å². The van der Waals surface area contributed by atoms with E-state index in [0.717, 1.165) is 12.0 Å². The number of Topliss-reactive ketones (excluding diaryl/α,β-unsaturated/α-hetero) is 1.